The first kappa shape index (κ1) is 14.2. The molecule has 2 rings (SSSR count). The van der Waals surface area contributed by atoms with Gasteiger partial charge in [0.1, 0.15) is 11.6 Å². The molecule has 0 fully saturated rings. The predicted octanol–water partition coefficient (Wildman–Crippen LogP) is 4.81. The number of hydrogen-bond acceptors (Lipinski definition) is 1. The molecule has 0 heterocycles. The second kappa shape index (κ2) is 5.80. The van der Waals surface area contributed by atoms with Crippen molar-refractivity contribution in [1.29, 1.82) is 0 Å². The Morgan fingerprint density at radius 2 is 1.89 bits per heavy atom. The monoisotopic (exact) mass is 344 g/mol. The van der Waals surface area contributed by atoms with Gasteiger partial charge in [-0.25, -0.2) is 8.78 Å². The Morgan fingerprint density at radius 3 is 2.53 bits per heavy atom. The lowest BCUT2D eigenvalue weighted by Crippen LogP contribution is -2.08. The first-order valence-electron chi connectivity index (χ1n) is 5.40. The molecule has 0 atom stereocenters. The number of benzene rings is 2. The van der Waals surface area contributed by atoms with Crippen molar-refractivity contribution in [1.82, 2.24) is 0 Å². The molecule has 0 radical (unpaired) electrons. The second-order valence-electron chi connectivity index (χ2n) is 3.93. The van der Waals surface area contributed by atoms with E-state index in [-0.39, 0.29) is 22.6 Å². The molecule has 0 spiro atoms. The zero-order valence-corrected chi connectivity index (χ0v) is 11.9. The van der Waals surface area contributed by atoms with Gasteiger partial charge in [-0.05, 0) is 29.8 Å². The highest BCUT2D eigenvalue weighted by Crippen LogP contribution is 2.22. The van der Waals surface area contributed by atoms with Crippen LogP contribution >= 0.6 is 27.5 Å². The second-order valence-corrected chi connectivity index (χ2v) is 5.26. The van der Waals surface area contributed by atoms with E-state index in [0.717, 1.165) is 6.07 Å². The number of carbonyl (C=O) groups is 1. The molecule has 5 heteroatoms. The minimum Gasteiger partial charge on any atom is -0.294 e. The molecular weight excluding hydrogens is 338 g/mol. The predicted molar refractivity (Wildman–Crippen MR) is 73.5 cm³/mol. The Morgan fingerprint density at radius 1 is 1.16 bits per heavy atom. The SMILES string of the molecule is O=C(Cc1ccc(Br)cc1F)c1c(F)cccc1Cl. The van der Waals surface area contributed by atoms with Crippen LogP contribution in [0.5, 0.6) is 0 Å². The molecule has 0 aliphatic rings. The van der Waals surface area contributed by atoms with Gasteiger partial charge in [0.05, 0.1) is 10.6 Å². The molecule has 0 unspecified atom stereocenters. The number of halogens is 4. The lowest BCUT2D eigenvalue weighted by molar-refractivity contribution is 0.0988. The van der Waals surface area contributed by atoms with Crippen LogP contribution in [0.1, 0.15) is 15.9 Å². The van der Waals surface area contributed by atoms with Gasteiger partial charge in [-0.3, -0.25) is 4.79 Å². The molecular formula is C14H8BrClF2O. The first-order chi connectivity index (χ1) is 8.99. The summed E-state index contributed by atoms with van der Waals surface area (Å²) in [6.07, 6.45) is -0.236. The van der Waals surface area contributed by atoms with Crippen LogP contribution < -0.4 is 0 Å². The fraction of sp³-hybridized carbons (Fsp3) is 0.0714. The van der Waals surface area contributed by atoms with Crippen LogP contribution in [0.2, 0.25) is 5.02 Å². The van der Waals surface area contributed by atoms with E-state index in [9.17, 15) is 13.6 Å². The lowest BCUT2D eigenvalue weighted by Gasteiger charge is -2.06. The van der Waals surface area contributed by atoms with Crippen molar-refractivity contribution in [2.75, 3.05) is 0 Å². The van der Waals surface area contributed by atoms with Crippen molar-refractivity contribution in [3.8, 4) is 0 Å². The summed E-state index contributed by atoms with van der Waals surface area (Å²) >= 11 is 8.92. The van der Waals surface area contributed by atoms with E-state index in [1.807, 2.05) is 0 Å². The summed E-state index contributed by atoms with van der Waals surface area (Å²) in [5.74, 6) is -1.77. The Balaban J connectivity index is 2.31. The summed E-state index contributed by atoms with van der Waals surface area (Å²) in [4.78, 5) is 12.0. The van der Waals surface area contributed by atoms with Crippen molar-refractivity contribution in [2.24, 2.45) is 0 Å². The van der Waals surface area contributed by atoms with Crippen molar-refractivity contribution in [2.45, 2.75) is 6.42 Å². The Kier molecular flexibility index (Phi) is 4.32. The van der Waals surface area contributed by atoms with Crippen LogP contribution in [-0.2, 0) is 6.42 Å². The molecule has 0 amide bonds. The maximum atomic E-state index is 13.6. The van der Waals surface area contributed by atoms with E-state index in [0.29, 0.717) is 4.47 Å². The maximum Gasteiger partial charge on any atom is 0.171 e. The molecule has 98 valence electrons. The third-order valence-corrected chi connectivity index (χ3v) is 3.42. The van der Waals surface area contributed by atoms with Gasteiger partial charge >= 0.3 is 0 Å². The lowest BCUT2D eigenvalue weighted by atomic mass is 10.0. The molecule has 0 bridgehead atoms. The Bertz CT molecular complexity index is 623. The number of rotatable bonds is 3. The van der Waals surface area contributed by atoms with E-state index in [2.05, 4.69) is 15.9 Å². The average molecular weight is 346 g/mol. The molecule has 2 aromatic rings. The minimum absolute atomic E-state index is 0.0301. The molecule has 0 N–H and O–H groups in total. The van der Waals surface area contributed by atoms with Crippen LogP contribution in [-0.4, -0.2) is 5.78 Å². The Labute approximate surface area is 122 Å². The number of hydrogen-bond donors (Lipinski definition) is 0. The smallest absolute Gasteiger partial charge is 0.171 e. The van der Waals surface area contributed by atoms with Gasteiger partial charge in [0.25, 0.3) is 0 Å². The van der Waals surface area contributed by atoms with E-state index >= 15 is 0 Å². The van der Waals surface area contributed by atoms with Crippen molar-refractivity contribution >= 4 is 33.3 Å². The zero-order chi connectivity index (χ0) is 14.0. The van der Waals surface area contributed by atoms with Gasteiger partial charge in [0.15, 0.2) is 5.78 Å². The summed E-state index contributed by atoms with van der Waals surface area (Å²) in [5.41, 5.74) is -0.000921. The summed E-state index contributed by atoms with van der Waals surface area (Å²) < 4.78 is 27.8. The fourth-order valence-corrected chi connectivity index (χ4v) is 2.29. The topological polar surface area (TPSA) is 17.1 Å². The largest absolute Gasteiger partial charge is 0.294 e. The molecule has 0 aromatic heterocycles. The highest BCUT2D eigenvalue weighted by molar-refractivity contribution is 9.10. The summed E-state index contributed by atoms with van der Waals surface area (Å²) in [5, 5.41) is 0.0301. The van der Waals surface area contributed by atoms with E-state index in [1.165, 1.54) is 24.3 Å². The van der Waals surface area contributed by atoms with Gasteiger partial charge in [-0.2, -0.15) is 0 Å². The van der Waals surface area contributed by atoms with E-state index < -0.39 is 17.4 Å². The third kappa shape index (κ3) is 3.19. The summed E-state index contributed by atoms with van der Waals surface area (Å²) in [6.45, 7) is 0. The average Bonchev–Trinajstić information content (AvgIpc) is 2.32. The normalized spacial score (nSPS) is 10.5. The molecule has 0 aliphatic heterocycles. The fourth-order valence-electron chi connectivity index (χ4n) is 1.69. The van der Waals surface area contributed by atoms with Crippen molar-refractivity contribution < 1.29 is 13.6 Å². The molecule has 2 aromatic carbocycles. The van der Waals surface area contributed by atoms with Crippen LogP contribution in [0.4, 0.5) is 8.78 Å². The number of carbonyl (C=O) groups excluding carboxylic acids is 1. The van der Waals surface area contributed by atoms with Crippen molar-refractivity contribution in [3.63, 3.8) is 0 Å². The van der Waals surface area contributed by atoms with Crippen LogP contribution in [0, 0.1) is 11.6 Å². The zero-order valence-electron chi connectivity index (χ0n) is 9.59. The molecule has 19 heavy (non-hydrogen) atoms. The number of ketones is 1. The minimum atomic E-state index is -0.699. The molecule has 1 nitrogen and oxygen atoms in total. The summed E-state index contributed by atoms with van der Waals surface area (Å²) in [6, 6.07) is 8.34. The van der Waals surface area contributed by atoms with Gasteiger partial charge in [0.2, 0.25) is 0 Å². The maximum absolute atomic E-state index is 13.6. The molecule has 0 saturated carbocycles. The van der Waals surface area contributed by atoms with Gasteiger partial charge in [-0.15, -0.1) is 0 Å². The van der Waals surface area contributed by atoms with Crippen LogP contribution in [0.25, 0.3) is 0 Å². The quantitative estimate of drug-likeness (QED) is 0.730. The van der Waals surface area contributed by atoms with Gasteiger partial charge in [-0.1, -0.05) is 39.7 Å². The van der Waals surface area contributed by atoms with Crippen molar-refractivity contribution in [3.05, 3.63) is 68.7 Å². The van der Waals surface area contributed by atoms with E-state index in [1.54, 1.807) is 6.07 Å². The molecule has 0 saturated heterocycles. The first-order valence-corrected chi connectivity index (χ1v) is 6.57. The van der Waals surface area contributed by atoms with Gasteiger partial charge in [0, 0.05) is 10.9 Å². The van der Waals surface area contributed by atoms with Crippen LogP contribution in [0.3, 0.4) is 0 Å². The highest BCUT2D eigenvalue weighted by Gasteiger charge is 2.17. The standard InChI is InChI=1S/C14H8BrClF2O/c15-9-5-4-8(12(18)7-9)6-13(19)14-10(16)2-1-3-11(14)17/h1-5,7H,6H2. The Hall–Kier alpha value is -1.26. The third-order valence-electron chi connectivity index (χ3n) is 2.61. The van der Waals surface area contributed by atoms with E-state index in [4.69, 9.17) is 11.6 Å². The highest BCUT2D eigenvalue weighted by atomic mass is 79.9. The summed E-state index contributed by atoms with van der Waals surface area (Å²) in [7, 11) is 0. The van der Waals surface area contributed by atoms with Gasteiger partial charge < -0.3 is 0 Å². The van der Waals surface area contributed by atoms with Crippen LogP contribution in [0.15, 0.2) is 40.9 Å². The molecule has 0 aliphatic carbocycles. The number of Topliss-reactive ketones (excluding diaryl/α,β-unsaturated/α-hetero) is 1.